The van der Waals surface area contributed by atoms with Crippen molar-refractivity contribution in [3.05, 3.63) is 35.6 Å². The van der Waals surface area contributed by atoms with Crippen LogP contribution in [-0.2, 0) is 20.9 Å². The van der Waals surface area contributed by atoms with E-state index >= 15 is 0 Å². The zero-order chi connectivity index (χ0) is 18.0. The molecule has 0 radical (unpaired) electrons. The molecule has 1 unspecified atom stereocenters. The van der Waals surface area contributed by atoms with E-state index in [-0.39, 0.29) is 31.4 Å². The summed E-state index contributed by atoms with van der Waals surface area (Å²) in [6.45, 7) is 0.752. The predicted octanol–water partition coefficient (Wildman–Crippen LogP) is 2.14. The molecule has 1 N–H and O–H groups in total. The molecule has 1 aromatic heterocycles. The predicted molar refractivity (Wildman–Crippen MR) is 89.4 cm³/mol. The molecule has 1 aliphatic rings. The van der Waals surface area contributed by atoms with Gasteiger partial charge in [-0.05, 0) is 12.5 Å². The second-order valence-corrected chi connectivity index (χ2v) is 6.33. The molecule has 1 amide bonds. The average Bonchev–Trinajstić information content (AvgIpc) is 3.18. The summed E-state index contributed by atoms with van der Waals surface area (Å²) in [6, 6.07) is 7.37. The third-order valence-corrected chi connectivity index (χ3v) is 4.70. The molecule has 1 aliphatic heterocycles. The number of carboxylic acid groups (broad SMARTS) is 1. The van der Waals surface area contributed by atoms with Gasteiger partial charge >= 0.3 is 5.97 Å². The van der Waals surface area contributed by atoms with Gasteiger partial charge in [0.15, 0.2) is 5.76 Å². The summed E-state index contributed by atoms with van der Waals surface area (Å²) in [4.78, 5) is 26.2. The number of hydrogen-bond acceptors (Lipinski definition) is 5. The Morgan fingerprint density at radius 3 is 2.72 bits per heavy atom. The zero-order valence-electron chi connectivity index (χ0n) is 14.3. The van der Waals surface area contributed by atoms with E-state index in [1.165, 1.54) is 12.0 Å². The largest absolute Gasteiger partial charge is 0.481 e. The number of hydrogen-bond donors (Lipinski definition) is 1. The fraction of sp³-hybridized carbons (Fsp3) is 0.444. The second kappa shape index (κ2) is 6.85. The molecule has 0 aliphatic carbocycles. The topological polar surface area (TPSA) is 89.2 Å². The number of nitrogens with zero attached hydrogens (tertiary/aromatic N) is 1. The van der Waals surface area contributed by atoms with Gasteiger partial charge in [-0.15, -0.1) is 0 Å². The number of para-hydroxylation sites is 1. The van der Waals surface area contributed by atoms with Crippen LogP contribution in [0, 0.1) is 5.41 Å². The minimum Gasteiger partial charge on any atom is -0.481 e. The Morgan fingerprint density at radius 2 is 2.04 bits per heavy atom. The van der Waals surface area contributed by atoms with Crippen LogP contribution in [0.1, 0.15) is 22.5 Å². The summed E-state index contributed by atoms with van der Waals surface area (Å²) in [5.74, 6) is -1.06. The second-order valence-electron chi connectivity index (χ2n) is 6.33. The molecule has 3 rings (SSSR count). The first-order valence-corrected chi connectivity index (χ1v) is 8.03. The first-order chi connectivity index (χ1) is 12.0. The molecule has 2 heterocycles. The highest BCUT2D eigenvalue weighted by molar-refractivity contribution is 5.99. The van der Waals surface area contributed by atoms with Gasteiger partial charge in [-0.25, -0.2) is 0 Å². The highest BCUT2D eigenvalue weighted by atomic mass is 16.5. The molecule has 134 valence electrons. The molecule has 7 heteroatoms. The lowest BCUT2D eigenvalue weighted by atomic mass is 9.88. The normalized spacial score (nSPS) is 20.3. The Hall–Kier alpha value is -2.38. The van der Waals surface area contributed by atoms with Crippen LogP contribution in [0.5, 0.6) is 0 Å². The average molecular weight is 347 g/mol. The van der Waals surface area contributed by atoms with Gasteiger partial charge < -0.3 is 23.9 Å². The Kier molecular flexibility index (Phi) is 4.78. The van der Waals surface area contributed by atoms with Gasteiger partial charge in [-0.2, -0.15) is 0 Å². The molecule has 0 bridgehead atoms. The van der Waals surface area contributed by atoms with Crippen LogP contribution in [0.15, 0.2) is 28.7 Å². The summed E-state index contributed by atoms with van der Waals surface area (Å²) in [7, 11) is 3.02. The lowest BCUT2D eigenvalue weighted by Gasteiger charge is -2.23. The van der Waals surface area contributed by atoms with Crippen molar-refractivity contribution in [2.45, 2.75) is 13.0 Å². The molecule has 0 spiro atoms. The van der Waals surface area contributed by atoms with E-state index in [4.69, 9.17) is 13.9 Å². The van der Waals surface area contributed by atoms with E-state index < -0.39 is 11.4 Å². The highest BCUT2D eigenvalue weighted by Crippen LogP contribution is 2.34. The van der Waals surface area contributed by atoms with Crippen LogP contribution < -0.4 is 0 Å². The van der Waals surface area contributed by atoms with Crippen molar-refractivity contribution in [3.8, 4) is 0 Å². The molecule has 2 aromatic rings. The van der Waals surface area contributed by atoms with Gasteiger partial charge in [0.2, 0.25) is 0 Å². The molecule has 1 fully saturated rings. The number of amides is 1. The Labute approximate surface area is 145 Å². The maximum atomic E-state index is 13.0. The zero-order valence-corrected chi connectivity index (χ0v) is 14.3. The van der Waals surface area contributed by atoms with Crippen molar-refractivity contribution in [2.75, 3.05) is 33.9 Å². The number of rotatable bonds is 6. The Bertz CT molecular complexity index is 798. The molecule has 1 saturated heterocycles. The summed E-state index contributed by atoms with van der Waals surface area (Å²) in [5.41, 5.74) is 0.221. The van der Waals surface area contributed by atoms with Gasteiger partial charge in [0.25, 0.3) is 5.91 Å². The fourth-order valence-electron chi connectivity index (χ4n) is 3.38. The smallest absolute Gasteiger partial charge is 0.313 e. The molecular formula is C18H21NO6. The number of methoxy groups -OCH3 is 2. The van der Waals surface area contributed by atoms with Crippen molar-refractivity contribution < 1.29 is 28.6 Å². The Balaban J connectivity index is 1.93. The number of furan rings is 1. The Morgan fingerprint density at radius 1 is 1.28 bits per heavy atom. The summed E-state index contributed by atoms with van der Waals surface area (Å²) in [5, 5.41) is 10.4. The standard InChI is InChI=1S/C18H21NO6/c1-23-9-13-12-5-3-4-6-14(12)25-15(13)16(20)19-8-7-18(10-19,11-24-2)17(21)22/h3-6H,7-11H2,1-2H3,(H,21,22). The molecule has 25 heavy (non-hydrogen) atoms. The lowest BCUT2D eigenvalue weighted by Crippen LogP contribution is -2.40. The molecule has 1 aromatic carbocycles. The van der Waals surface area contributed by atoms with Crippen molar-refractivity contribution in [1.82, 2.24) is 4.90 Å². The van der Waals surface area contributed by atoms with Gasteiger partial charge in [0, 0.05) is 38.3 Å². The molecule has 7 nitrogen and oxygen atoms in total. The third kappa shape index (κ3) is 3.01. The number of aliphatic carboxylic acids is 1. The number of fused-ring (bicyclic) bond motifs is 1. The minimum absolute atomic E-state index is 0.0666. The van der Waals surface area contributed by atoms with Crippen LogP contribution in [0.25, 0.3) is 11.0 Å². The quantitative estimate of drug-likeness (QED) is 0.861. The first-order valence-electron chi connectivity index (χ1n) is 8.03. The van der Waals surface area contributed by atoms with E-state index in [0.29, 0.717) is 24.1 Å². The lowest BCUT2D eigenvalue weighted by molar-refractivity contribution is -0.151. The molecular weight excluding hydrogens is 326 g/mol. The number of likely N-dealkylation sites (tertiary alicyclic amines) is 1. The minimum atomic E-state index is -1.07. The first kappa shape index (κ1) is 17.4. The number of benzene rings is 1. The monoisotopic (exact) mass is 347 g/mol. The van der Waals surface area contributed by atoms with E-state index in [9.17, 15) is 14.7 Å². The number of carbonyl (C=O) groups excluding carboxylic acids is 1. The molecule has 1 atom stereocenters. The van der Waals surface area contributed by atoms with Crippen molar-refractivity contribution in [3.63, 3.8) is 0 Å². The van der Waals surface area contributed by atoms with Crippen LogP contribution in [-0.4, -0.2) is 55.8 Å². The fourth-order valence-corrected chi connectivity index (χ4v) is 3.38. The van der Waals surface area contributed by atoms with E-state index in [1.54, 1.807) is 13.2 Å². The van der Waals surface area contributed by atoms with Gasteiger partial charge in [-0.1, -0.05) is 18.2 Å². The third-order valence-electron chi connectivity index (χ3n) is 4.70. The number of carbonyl (C=O) groups is 2. The van der Waals surface area contributed by atoms with Crippen molar-refractivity contribution in [1.29, 1.82) is 0 Å². The molecule has 0 saturated carbocycles. The van der Waals surface area contributed by atoms with Crippen LogP contribution in [0.3, 0.4) is 0 Å². The van der Waals surface area contributed by atoms with E-state index in [2.05, 4.69) is 0 Å². The SMILES string of the molecule is COCc1c(C(=O)N2CCC(COC)(C(=O)O)C2)oc2ccccc12. The van der Waals surface area contributed by atoms with Crippen LogP contribution >= 0.6 is 0 Å². The van der Waals surface area contributed by atoms with Gasteiger partial charge in [0.05, 0.1) is 13.2 Å². The van der Waals surface area contributed by atoms with Crippen molar-refractivity contribution >= 4 is 22.8 Å². The highest BCUT2D eigenvalue weighted by Gasteiger charge is 2.47. The maximum Gasteiger partial charge on any atom is 0.313 e. The summed E-state index contributed by atoms with van der Waals surface area (Å²) < 4.78 is 16.1. The van der Waals surface area contributed by atoms with Gasteiger partial charge in [-0.3, -0.25) is 9.59 Å². The summed E-state index contributed by atoms with van der Waals surface area (Å²) in [6.07, 6.45) is 0.349. The number of ether oxygens (including phenoxy) is 2. The van der Waals surface area contributed by atoms with Crippen LogP contribution in [0.2, 0.25) is 0 Å². The van der Waals surface area contributed by atoms with Gasteiger partial charge in [0.1, 0.15) is 11.0 Å². The van der Waals surface area contributed by atoms with E-state index in [1.807, 2.05) is 18.2 Å². The van der Waals surface area contributed by atoms with Crippen molar-refractivity contribution in [2.24, 2.45) is 5.41 Å². The van der Waals surface area contributed by atoms with Crippen LogP contribution in [0.4, 0.5) is 0 Å². The van der Waals surface area contributed by atoms with E-state index in [0.717, 1.165) is 5.39 Å². The summed E-state index contributed by atoms with van der Waals surface area (Å²) >= 11 is 0. The number of carboxylic acids is 1. The maximum absolute atomic E-state index is 13.0.